The van der Waals surface area contributed by atoms with Crippen molar-refractivity contribution in [3.8, 4) is 0 Å². The van der Waals surface area contributed by atoms with Gasteiger partial charge >= 0.3 is 0 Å². The summed E-state index contributed by atoms with van der Waals surface area (Å²) in [6.45, 7) is 0.563. The number of sulfonamides is 1. The van der Waals surface area contributed by atoms with Gasteiger partial charge in [-0.05, 0) is 31.3 Å². The molecule has 0 unspecified atom stereocenters. The van der Waals surface area contributed by atoms with Gasteiger partial charge in [-0.15, -0.1) is 0 Å². The average Bonchev–Trinajstić information content (AvgIpc) is 2.83. The Balaban J connectivity index is 2.28. The van der Waals surface area contributed by atoms with Crippen LogP contribution >= 0.6 is 27.5 Å². The summed E-state index contributed by atoms with van der Waals surface area (Å²) in [5.41, 5.74) is 1.12. The average molecular weight is 379 g/mol. The molecular weight excluding hydrogens is 366 g/mol. The molecule has 2 rings (SSSR count). The van der Waals surface area contributed by atoms with E-state index < -0.39 is 10.0 Å². The van der Waals surface area contributed by atoms with Gasteiger partial charge in [0.15, 0.2) is 0 Å². The van der Waals surface area contributed by atoms with Crippen LogP contribution in [0.1, 0.15) is 5.69 Å². The maximum Gasteiger partial charge on any atom is 0.263 e. The number of nitrogens with one attached hydrogen (secondary N) is 3. The van der Waals surface area contributed by atoms with Gasteiger partial charge in [-0.3, -0.25) is 4.72 Å². The highest BCUT2D eigenvalue weighted by molar-refractivity contribution is 9.10. The SMILES string of the molecule is CNCc1cc(S(=O)(=O)Nc2cc(Br)ccc2Cl)c[nH]1. The van der Waals surface area contributed by atoms with Crippen LogP contribution in [0.25, 0.3) is 0 Å². The fourth-order valence-corrected chi connectivity index (χ4v) is 3.32. The van der Waals surface area contributed by atoms with Crippen molar-refractivity contribution < 1.29 is 8.42 Å². The first-order chi connectivity index (χ1) is 9.42. The molecule has 0 fully saturated rings. The first-order valence-corrected chi connectivity index (χ1v) is 8.37. The molecule has 2 aromatic rings. The summed E-state index contributed by atoms with van der Waals surface area (Å²) in [4.78, 5) is 3.07. The fraction of sp³-hybridized carbons (Fsp3) is 0.167. The van der Waals surface area contributed by atoms with Crippen LogP contribution < -0.4 is 10.0 Å². The van der Waals surface area contributed by atoms with Crippen molar-refractivity contribution in [2.45, 2.75) is 11.4 Å². The lowest BCUT2D eigenvalue weighted by molar-refractivity contribution is 0.601. The van der Waals surface area contributed by atoms with E-state index in [1.54, 1.807) is 31.3 Å². The zero-order valence-electron chi connectivity index (χ0n) is 10.6. The molecule has 0 aliphatic heterocycles. The molecule has 0 amide bonds. The molecule has 20 heavy (non-hydrogen) atoms. The molecule has 0 spiro atoms. The lowest BCUT2D eigenvalue weighted by Gasteiger charge is -2.08. The number of hydrogen-bond donors (Lipinski definition) is 3. The van der Waals surface area contributed by atoms with Gasteiger partial charge in [-0.1, -0.05) is 27.5 Å². The van der Waals surface area contributed by atoms with E-state index in [2.05, 4.69) is 31.0 Å². The van der Waals surface area contributed by atoms with Crippen LogP contribution in [0.3, 0.4) is 0 Å². The van der Waals surface area contributed by atoms with E-state index in [1.165, 1.54) is 6.20 Å². The highest BCUT2D eigenvalue weighted by Crippen LogP contribution is 2.28. The molecule has 1 heterocycles. The monoisotopic (exact) mass is 377 g/mol. The summed E-state index contributed by atoms with van der Waals surface area (Å²) in [5, 5.41) is 3.28. The Morgan fingerprint density at radius 1 is 1.35 bits per heavy atom. The van der Waals surface area contributed by atoms with E-state index in [0.29, 0.717) is 17.3 Å². The van der Waals surface area contributed by atoms with Gasteiger partial charge in [-0.25, -0.2) is 8.42 Å². The number of rotatable bonds is 5. The Hall–Kier alpha value is -1.02. The molecule has 0 radical (unpaired) electrons. The Morgan fingerprint density at radius 2 is 2.10 bits per heavy atom. The summed E-state index contributed by atoms with van der Waals surface area (Å²) in [6, 6.07) is 6.54. The topological polar surface area (TPSA) is 74.0 Å². The van der Waals surface area contributed by atoms with E-state index in [-0.39, 0.29) is 4.90 Å². The van der Waals surface area contributed by atoms with Crippen LogP contribution in [0.2, 0.25) is 5.02 Å². The molecule has 1 aromatic carbocycles. The molecule has 5 nitrogen and oxygen atoms in total. The molecule has 0 aliphatic rings. The van der Waals surface area contributed by atoms with Crippen molar-refractivity contribution >= 4 is 43.2 Å². The van der Waals surface area contributed by atoms with Crippen LogP contribution in [0, 0.1) is 0 Å². The molecule has 8 heteroatoms. The van der Waals surface area contributed by atoms with Gasteiger partial charge in [0, 0.05) is 22.9 Å². The third-order valence-corrected chi connectivity index (χ3v) is 4.73. The summed E-state index contributed by atoms with van der Waals surface area (Å²) >= 11 is 9.26. The largest absolute Gasteiger partial charge is 0.363 e. The molecule has 3 N–H and O–H groups in total. The summed E-state index contributed by atoms with van der Waals surface area (Å²) in [7, 11) is -1.88. The van der Waals surface area contributed by atoms with E-state index >= 15 is 0 Å². The van der Waals surface area contributed by atoms with Gasteiger partial charge in [0.05, 0.1) is 10.7 Å². The summed E-state index contributed by atoms with van der Waals surface area (Å²) < 4.78 is 27.7. The fourth-order valence-electron chi connectivity index (χ4n) is 1.65. The third kappa shape index (κ3) is 3.54. The van der Waals surface area contributed by atoms with E-state index in [9.17, 15) is 8.42 Å². The number of benzene rings is 1. The molecule has 1 aromatic heterocycles. The quantitative estimate of drug-likeness (QED) is 0.749. The van der Waals surface area contributed by atoms with Crippen molar-refractivity contribution in [2.24, 2.45) is 0 Å². The van der Waals surface area contributed by atoms with Gasteiger partial charge in [0.2, 0.25) is 0 Å². The third-order valence-electron chi connectivity index (χ3n) is 2.57. The highest BCUT2D eigenvalue weighted by atomic mass is 79.9. The van der Waals surface area contributed by atoms with Gasteiger partial charge in [0.25, 0.3) is 10.0 Å². The second-order valence-corrected chi connectivity index (χ2v) is 7.13. The summed E-state index contributed by atoms with van der Waals surface area (Å²) in [6.07, 6.45) is 1.45. The maximum atomic E-state index is 12.3. The zero-order valence-corrected chi connectivity index (χ0v) is 13.7. The number of aromatic amines is 1. The predicted octanol–water partition coefficient (Wildman–Crippen LogP) is 2.95. The van der Waals surface area contributed by atoms with Crippen molar-refractivity contribution in [3.05, 3.63) is 45.7 Å². The minimum atomic E-state index is -3.66. The van der Waals surface area contributed by atoms with Crippen LogP contribution in [0.15, 0.2) is 39.8 Å². The minimum absolute atomic E-state index is 0.166. The normalized spacial score (nSPS) is 11.6. The lowest BCUT2D eigenvalue weighted by atomic mass is 10.3. The minimum Gasteiger partial charge on any atom is -0.363 e. The van der Waals surface area contributed by atoms with Crippen LogP contribution in [0.4, 0.5) is 5.69 Å². The molecule has 0 aliphatic carbocycles. The number of aromatic nitrogens is 1. The highest BCUT2D eigenvalue weighted by Gasteiger charge is 2.17. The van der Waals surface area contributed by atoms with Gasteiger partial charge in [-0.2, -0.15) is 0 Å². The van der Waals surface area contributed by atoms with Gasteiger partial charge < -0.3 is 10.3 Å². The van der Waals surface area contributed by atoms with Crippen molar-refractivity contribution in [2.75, 3.05) is 11.8 Å². The number of H-pyrrole nitrogens is 1. The molecule has 108 valence electrons. The standard InChI is InChI=1S/C12H13BrClN3O2S/c1-15-6-9-5-10(7-16-9)20(18,19)17-12-4-8(13)2-3-11(12)14/h2-5,7,15-17H,6H2,1H3. The lowest BCUT2D eigenvalue weighted by Crippen LogP contribution is -2.12. The summed E-state index contributed by atoms with van der Waals surface area (Å²) in [5.74, 6) is 0. The van der Waals surface area contributed by atoms with Crippen LogP contribution in [-0.2, 0) is 16.6 Å². The molecule has 0 saturated carbocycles. The number of halogens is 2. The van der Waals surface area contributed by atoms with Crippen LogP contribution in [0.5, 0.6) is 0 Å². The Labute approximate surface area is 130 Å². The molecular formula is C12H13BrClN3O2S. The van der Waals surface area contributed by atoms with Crippen LogP contribution in [-0.4, -0.2) is 20.4 Å². The van der Waals surface area contributed by atoms with E-state index in [4.69, 9.17) is 11.6 Å². The first kappa shape index (κ1) is 15.4. The van der Waals surface area contributed by atoms with E-state index in [0.717, 1.165) is 10.2 Å². The Kier molecular flexibility index (Phi) is 4.74. The van der Waals surface area contributed by atoms with Crippen molar-refractivity contribution in [1.29, 1.82) is 0 Å². The molecule has 0 bridgehead atoms. The van der Waals surface area contributed by atoms with Gasteiger partial charge in [0.1, 0.15) is 4.90 Å². The van der Waals surface area contributed by atoms with E-state index in [1.807, 2.05) is 0 Å². The predicted molar refractivity (Wildman–Crippen MR) is 83.5 cm³/mol. The second kappa shape index (κ2) is 6.17. The first-order valence-electron chi connectivity index (χ1n) is 5.72. The Morgan fingerprint density at radius 3 is 2.80 bits per heavy atom. The smallest absolute Gasteiger partial charge is 0.263 e. The molecule has 0 atom stereocenters. The maximum absolute atomic E-state index is 12.3. The Bertz CT molecular complexity index is 715. The second-order valence-electron chi connectivity index (χ2n) is 4.12. The van der Waals surface area contributed by atoms with Crippen molar-refractivity contribution in [1.82, 2.24) is 10.3 Å². The van der Waals surface area contributed by atoms with Crippen molar-refractivity contribution in [3.63, 3.8) is 0 Å². The number of hydrogen-bond acceptors (Lipinski definition) is 3. The zero-order chi connectivity index (χ0) is 14.8. The molecule has 0 saturated heterocycles. The number of anilines is 1.